The van der Waals surface area contributed by atoms with E-state index in [9.17, 15) is 24.5 Å². The van der Waals surface area contributed by atoms with Crippen molar-refractivity contribution in [3.05, 3.63) is 68.7 Å². The third-order valence-corrected chi connectivity index (χ3v) is 4.38. The quantitative estimate of drug-likeness (QED) is 0.310. The molecule has 1 heterocycles. The lowest BCUT2D eigenvalue weighted by atomic mass is 10.1. The van der Waals surface area contributed by atoms with Gasteiger partial charge in [-0.1, -0.05) is 29.8 Å². The number of ether oxygens (including phenoxy) is 1. The number of hydrazine groups is 1. The maximum atomic E-state index is 12.6. The minimum absolute atomic E-state index is 0.0930. The molecule has 2 N–H and O–H groups in total. The first-order valence-electron chi connectivity index (χ1n) is 8.48. The Hall–Kier alpha value is -3.92. The summed E-state index contributed by atoms with van der Waals surface area (Å²) in [6.07, 6.45) is -0.226. The van der Waals surface area contributed by atoms with Crippen molar-refractivity contribution >= 4 is 46.8 Å². The number of aliphatic carboxylic acids is 1. The van der Waals surface area contributed by atoms with Gasteiger partial charge in [-0.25, -0.2) is 9.80 Å². The van der Waals surface area contributed by atoms with Crippen molar-refractivity contribution < 1.29 is 29.2 Å². The molecule has 1 aliphatic rings. The molecule has 2 aromatic carbocycles. The van der Waals surface area contributed by atoms with Gasteiger partial charge in [-0.3, -0.25) is 25.1 Å². The molecule has 0 spiro atoms. The maximum Gasteiger partial charge on any atom is 0.344 e. The Kier molecular flexibility index (Phi) is 5.70. The number of hydrogen-bond acceptors (Lipinski definition) is 6. The second-order valence-electron chi connectivity index (χ2n) is 6.18. The number of benzene rings is 2. The van der Waals surface area contributed by atoms with Gasteiger partial charge in [0.05, 0.1) is 15.6 Å². The first-order valence-corrected chi connectivity index (χ1v) is 8.86. The average molecular weight is 432 g/mol. The second-order valence-corrected chi connectivity index (χ2v) is 6.59. The zero-order valence-electron chi connectivity index (χ0n) is 15.4. The number of para-hydroxylation sites is 1. The topological polar surface area (TPSA) is 139 Å². The number of halogens is 1. The molecule has 1 fully saturated rings. The van der Waals surface area contributed by atoms with Crippen LogP contribution in [0.25, 0.3) is 6.08 Å². The number of nitro groups is 1. The number of nitrogens with one attached hydrogen (secondary N) is 1. The van der Waals surface area contributed by atoms with Crippen molar-refractivity contribution in [3.8, 4) is 5.75 Å². The highest BCUT2D eigenvalue weighted by Crippen LogP contribution is 2.37. The number of nitro benzene ring substituents is 1. The van der Waals surface area contributed by atoms with E-state index in [0.29, 0.717) is 5.69 Å². The fourth-order valence-corrected chi connectivity index (χ4v) is 2.91. The zero-order valence-corrected chi connectivity index (χ0v) is 16.1. The van der Waals surface area contributed by atoms with Crippen LogP contribution in [0, 0.1) is 10.1 Å². The van der Waals surface area contributed by atoms with Gasteiger partial charge in [-0.05, 0) is 36.8 Å². The van der Waals surface area contributed by atoms with E-state index in [1.54, 1.807) is 30.3 Å². The lowest BCUT2D eigenvalue weighted by Crippen LogP contribution is -2.35. The summed E-state index contributed by atoms with van der Waals surface area (Å²) < 4.78 is 5.09. The molecule has 0 aliphatic carbocycles. The van der Waals surface area contributed by atoms with Gasteiger partial charge in [0, 0.05) is 6.07 Å². The Morgan fingerprint density at radius 1 is 1.30 bits per heavy atom. The molecule has 0 saturated carbocycles. The standard InChI is InChI=1S/C19H14ClN3O7/c1-10(19(26)27)30-16-14(20)8-11(9-15(16)23(28)29)7-13-17(24)21-22(18(13)25)12-5-3-2-4-6-12/h2-10H,1H3,(H,21,24)(H,26,27)/b13-7-/t10-/m1/s1. The molecule has 1 saturated heterocycles. The number of hydrogen-bond donors (Lipinski definition) is 2. The van der Waals surface area contributed by atoms with Crippen LogP contribution in [0.5, 0.6) is 5.75 Å². The predicted molar refractivity (Wildman–Crippen MR) is 106 cm³/mol. The van der Waals surface area contributed by atoms with Gasteiger partial charge < -0.3 is 9.84 Å². The summed E-state index contributed by atoms with van der Waals surface area (Å²) in [4.78, 5) is 46.5. The number of anilines is 1. The lowest BCUT2D eigenvalue weighted by Gasteiger charge is -2.14. The second kappa shape index (κ2) is 8.21. The van der Waals surface area contributed by atoms with Gasteiger partial charge in [0.1, 0.15) is 5.57 Å². The highest BCUT2D eigenvalue weighted by molar-refractivity contribution is 6.33. The van der Waals surface area contributed by atoms with Crippen LogP contribution in [0.4, 0.5) is 11.4 Å². The highest BCUT2D eigenvalue weighted by atomic mass is 35.5. The highest BCUT2D eigenvalue weighted by Gasteiger charge is 2.34. The van der Waals surface area contributed by atoms with E-state index in [2.05, 4.69) is 5.43 Å². The number of carboxylic acid groups (broad SMARTS) is 1. The first kappa shape index (κ1) is 20.8. The van der Waals surface area contributed by atoms with Crippen molar-refractivity contribution in [2.45, 2.75) is 13.0 Å². The molecule has 2 amide bonds. The Morgan fingerprint density at radius 3 is 2.57 bits per heavy atom. The van der Waals surface area contributed by atoms with Crippen molar-refractivity contribution in [1.29, 1.82) is 0 Å². The van der Waals surface area contributed by atoms with Gasteiger partial charge in [0.15, 0.2) is 6.10 Å². The Bertz CT molecular complexity index is 1090. The summed E-state index contributed by atoms with van der Waals surface area (Å²) in [5.41, 5.74) is 2.09. The molecule has 0 radical (unpaired) electrons. The third kappa shape index (κ3) is 4.08. The van der Waals surface area contributed by atoms with Gasteiger partial charge in [-0.15, -0.1) is 0 Å². The number of rotatable bonds is 6. The number of carbonyl (C=O) groups excluding carboxylic acids is 2. The van der Waals surface area contributed by atoms with Gasteiger partial charge in [0.25, 0.3) is 11.8 Å². The van der Waals surface area contributed by atoms with E-state index in [4.69, 9.17) is 21.4 Å². The summed E-state index contributed by atoms with van der Waals surface area (Å²) in [7, 11) is 0. The molecule has 154 valence electrons. The van der Waals surface area contributed by atoms with E-state index in [1.165, 1.54) is 13.0 Å². The molecule has 0 bridgehead atoms. The smallest absolute Gasteiger partial charge is 0.344 e. The fraction of sp³-hybridized carbons (Fsp3) is 0.105. The summed E-state index contributed by atoms with van der Waals surface area (Å²) >= 11 is 6.06. The number of nitrogens with zero attached hydrogens (tertiary/aromatic N) is 2. The maximum absolute atomic E-state index is 12.6. The number of carbonyl (C=O) groups is 3. The molecule has 0 aromatic heterocycles. The van der Waals surface area contributed by atoms with E-state index in [0.717, 1.165) is 17.2 Å². The molecule has 3 rings (SSSR count). The van der Waals surface area contributed by atoms with Crippen LogP contribution < -0.4 is 15.2 Å². The molecule has 11 heteroatoms. The molecular weight excluding hydrogens is 418 g/mol. The Balaban J connectivity index is 1.99. The molecule has 10 nitrogen and oxygen atoms in total. The van der Waals surface area contributed by atoms with Crippen molar-refractivity contribution in [1.82, 2.24) is 5.43 Å². The van der Waals surface area contributed by atoms with Crippen LogP contribution in [-0.4, -0.2) is 33.9 Å². The first-order chi connectivity index (χ1) is 14.2. The molecule has 30 heavy (non-hydrogen) atoms. The normalized spacial score (nSPS) is 15.8. The Morgan fingerprint density at radius 2 is 1.97 bits per heavy atom. The minimum atomic E-state index is -1.38. The number of amides is 2. The van der Waals surface area contributed by atoms with E-state index < -0.39 is 40.2 Å². The van der Waals surface area contributed by atoms with E-state index in [1.807, 2.05) is 0 Å². The van der Waals surface area contributed by atoms with Gasteiger partial charge in [-0.2, -0.15) is 0 Å². The summed E-state index contributed by atoms with van der Waals surface area (Å²) in [6, 6.07) is 10.6. The Labute approximate surface area is 174 Å². The summed E-state index contributed by atoms with van der Waals surface area (Å²) in [6.45, 7) is 1.19. The van der Waals surface area contributed by atoms with E-state index >= 15 is 0 Å². The lowest BCUT2D eigenvalue weighted by molar-refractivity contribution is -0.386. The fourth-order valence-electron chi connectivity index (χ4n) is 2.65. The molecule has 2 aromatic rings. The molecule has 0 unspecified atom stereocenters. The average Bonchev–Trinajstić information content (AvgIpc) is 2.98. The summed E-state index contributed by atoms with van der Waals surface area (Å²) in [5, 5.41) is 21.2. The zero-order chi connectivity index (χ0) is 22.0. The van der Waals surface area contributed by atoms with Gasteiger partial charge >= 0.3 is 11.7 Å². The SMILES string of the molecule is C[C@@H](Oc1c(Cl)cc(/C=C2/C(=O)NN(c3ccccc3)C2=O)cc1[N+](=O)[O-])C(=O)O. The van der Waals surface area contributed by atoms with Crippen LogP contribution >= 0.6 is 11.6 Å². The minimum Gasteiger partial charge on any atom is -0.479 e. The van der Waals surface area contributed by atoms with Crippen LogP contribution in [0.3, 0.4) is 0 Å². The van der Waals surface area contributed by atoms with E-state index in [-0.39, 0.29) is 16.2 Å². The third-order valence-electron chi connectivity index (χ3n) is 4.10. The van der Waals surface area contributed by atoms with Crippen molar-refractivity contribution in [3.63, 3.8) is 0 Å². The summed E-state index contributed by atoms with van der Waals surface area (Å²) in [5.74, 6) is -3.10. The molecular formula is C19H14ClN3O7. The number of carboxylic acids is 1. The molecule has 1 atom stereocenters. The van der Waals surface area contributed by atoms with Crippen LogP contribution in [0.2, 0.25) is 5.02 Å². The van der Waals surface area contributed by atoms with Crippen LogP contribution in [-0.2, 0) is 14.4 Å². The van der Waals surface area contributed by atoms with Crippen LogP contribution in [0.1, 0.15) is 12.5 Å². The van der Waals surface area contributed by atoms with Crippen molar-refractivity contribution in [2.24, 2.45) is 0 Å². The largest absolute Gasteiger partial charge is 0.479 e. The van der Waals surface area contributed by atoms with Crippen molar-refractivity contribution in [2.75, 3.05) is 5.01 Å². The predicted octanol–water partition coefficient (Wildman–Crippen LogP) is 2.56. The monoisotopic (exact) mass is 431 g/mol. The van der Waals surface area contributed by atoms with Gasteiger partial charge in [0.2, 0.25) is 5.75 Å². The van der Waals surface area contributed by atoms with Crippen LogP contribution in [0.15, 0.2) is 48.0 Å². The molecule has 1 aliphatic heterocycles.